The number of rotatable bonds is 3. The van der Waals surface area contributed by atoms with Crippen molar-refractivity contribution in [2.75, 3.05) is 0 Å². The Morgan fingerprint density at radius 1 is 1.15 bits per heavy atom. The Kier molecular flexibility index (Phi) is 3.16. The molecule has 0 aliphatic rings. The van der Waals surface area contributed by atoms with Gasteiger partial charge in [-0.2, -0.15) is 4.98 Å². The molecule has 0 saturated heterocycles. The molecule has 100 valence electrons. The molecule has 0 spiro atoms. The molecule has 2 heterocycles. The van der Waals surface area contributed by atoms with Gasteiger partial charge in [0.2, 0.25) is 5.82 Å². The number of hydrogen-bond acceptors (Lipinski definition) is 5. The van der Waals surface area contributed by atoms with Gasteiger partial charge in [0.1, 0.15) is 5.75 Å². The van der Waals surface area contributed by atoms with Crippen LogP contribution in [0.3, 0.4) is 0 Å². The molecule has 0 fully saturated rings. The van der Waals surface area contributed by atoms with E-state index < -0.39 is 0 Å². The van der Waals surface area contributed by atoms with Crippen LogP contribution in [0.25, 0.3) is 22.8 Å². The van der Waals surface area contributed by atoms with Crippen LogP contribution in [0.15, 0.2) is 47.2 Å². The van der Waals surface area contributed by atoms with Crippen molar-refractivity contribution >= 4 is 0 Å². The highest BCUT2D eigenvalue weighted by Gasteiger charge is 2.13. The highest BCUT2D eigenvalue weighted by molar-refractivity contribution is 5.62. The number of nitrogens with zero attached hydrogens (tertiary/aromatic N) is 3. The summed E-state index contributed by atoms with van der Waals surface area (Å²) in [6, 6.07) is 8.52. The van der Waals surface area contributed by atoms with Crippen molar-refractivity contribution in [2.24, 2.45) is 0 Å². The number of phenols is 1. The van der Waals surface area contributed by atoms with E-state index in [1.807, 2.05) is 12.3 Å². The quantitative estimate of drug-likeness (QED) is 0.789. The minimum atomic E-state index is 0.205. The van der Waals surface area contributed by atoms with Crippen molar-refractivity contribution in [3.8, 4) is 28.6 Å². The molecule has 1 aromatic carbocycles. The van der Waals surface area contributed by atoms with Gasteiger partial charge in [0.05, 0.1) is 0 Å². The molecular weight excluding hydrogens is 254 g/mol. The molecule has 0 amide bonds. The summed E-state index contributed by atoms with van der Waals surface area (Å²) in [5, 5.41) is 13.3. The van der Waals surface area contributed by atoms with Crippen LogP contribution in [0.5, 0.6) is 5.75 Å². The molecule has 3 rings (SSSR count). The third-order valence-corrected chi connectivity index (χ3v) is 3.07. The number of aromatic nitrogens is 3. The summed E-state index contributed by atoms with van der Waals surface area (Å²) in [5.74, 6) is 1.18. The highest BCUT2D eigenvalue weighted by atomic mass is 16.5. The fourth-order valence-corrected chi connectivity index (χ4v) is 1.98. The summed E-state index contributed by atoms with van der Waals surface area (Å²) in [5.41, 5.74) is 2.77. The van der Waals surface area contributed by atoms with Crippen LogP contribution < -0.4 is 0 Å². The second-order valence-electron chi connectivity index (χ2n) is 4.36. The number of benzene rings is 1. The van der Waals surface area contributed by atoms with Gasteiger partial charge in [0.15, 0.2) is 0 Å². The van der Waals surface area contributed by atoms with Gasteiger partial charge in [0.25, 0.3) is 5.89 Å². The van der Waals surface area contributed by atoms with E-state index in [1.54, 1.807) is 30.5 Å². The maximum Gasteiger partial charge on any atom is 0.258 e. The molecule has 3 aromatic rings. The fraction of sp³-hybridized carbons (Fsp3) is 0.133. The smallest absolute Gasteiger partial charge is 0.258 e. The van der Waals surface area contributed by atoms with E-state index in [9.17, 15) is 5.11 Å². The lowest BCUT2D eigenvalue weighted by Gasteiger charge is -2.00. The summed E-state index contributed by atoms with van der Waals surface area (Å²) >= 11 is 0. The predicted molar refractivity (Wildman–Crippen MR) is 74.0 cm³/mol. The Balaban J connectivity index is 2.00. The Morgan fingerprint density at radius 3 is 2.70 bits per heavy atom. The van der Waals surface area contributed by atoms with E-state index >= 15 is 0 Å². The van der Waals surface area contributed by atoms with Gasteiger partial charge in [-0.15, -0.1) is 0 Å². The molecule has 1 N–H and O–H groups in total. The van der Waals surface area contributed by atoms with Crippen LogP contribution in [-0.4, -0.2) is 20.2 Å². The Morgan fingerprint density at radius 2 is 1.95 bits per heavy atom. The van der Waals surface area contributed by atoms with E-state index in [-0.39, 0.29) is 5.75 Å². The fourth-order valence-electron chi connectivity index (χ4n) is 1.98. The largest absolute Gasteiger partial charge is 0.508 e. The van der Waals surface area contributed by atoms with E-state index in [4.69, 9.17) is 4.52 Å². The first-order valence-corrected chi connectivity index (χ1v) is 6.34. The topological polar surface area (TPSA) is 72.0 Å². The van der Waals surface area contributed by atoms with E-state index in [0.717, 1.165) is 23.1 Å². The Hall–Kier alpha value is -2.69. The zero-order valence-electron chi connectivity index (χ0n) is 10.9. The maximum absolute atomic E-state index is 9.28. The minimum Gasteiger partial charge on any atom is -0.508 e. The summed E-state index contributed by atoms with van der Waals surface area (Å²) in [6.45, 7) is 2.06. The number of hydrogen-bond donors (Lipinski definition) is 1. The molecule has 20 heavy (non-hydrogen) atoms. The van der Waals surface area contributed by atoms with E-state index in [1.165, 1.54) is 0 Å². The molecule has 0 saturated carbocycles. The monoisotopic (exact) mass is 267 g/mol. The van der Waals surface area contributed by atoms with Crippen LogP contribution >= 0.6 is 0 Å². The molecule has 0 radical (unpaired) electrons. The van der Waals surface area contributed by atoms with E-state index in [0.29, 0.717) is 11.7 Å². The predicted octanol–water partition coefficient (Wildman–Crippen LogP) is 3.07. The van der Waals surface area contributed by atoms with Crippen molar-refractivity contribution in [2.45, 2.75) is 13.3 Å². The average Bonchev–Trinajstić information content (AvgIpc) is 2.97. The van der Waals surface area contributed by atoms with Gasteiger partial charge in [-0.1, -0.05) is 12.1 Å². The Bertz CT molecular complexity index is 720. The third-order valence-electron chi connectivity index (χ3n) is 3.07. The second-order valence-corrected chi connectivity index (χ2v) is 4.36. The van der Waals surface area contributed by atoms with Crippen LogP contribution in [-0.2, 0) is 6.42 Å². The number of aryl methyl sites for hydroxylation is 1. The van der Waals surface area contributed by atoms with Crippen molar-refractivity contribution in [1.29, 1.82) is 0 Å². The third kappa shape index (κ3) is 2.25. The lowest BCUT2D eigenvalue weighted by atomic mass is 10.1. The first-order valence-electron chi connectivity index (χ1n) is 6.34. The van der Waals surface area contributed by atoms with Crippen molar-refractivity contribution in [3.63, 3.8) is 0 Å². The molecule has 0 unspecified atom stereocenters. The maximum atomic E-state index is 9.28. The van der Waals surface area contributed by atoms with Crippen molar-refractivity contribution < 1.29 is 9.63 Å². The molecular formula is C15H13N3O2. The Labute approximate surface area is 115 Å². The van der Waals surface area contributed by atoms with Crippen LogP contribution in [0.4, 0.5) is 0 Å². The number of aromatic hydroxyl groups is 1. The van der Waals surface area contributed by atoms with Gasteiger partial charge in [0, 0.05) is 23.5 Å². The van der Waals surface area contributed by atoms with E-state index in [2.05, 4.69) is 22.0 Å². The highest BCUT2D eigenvalue weighted by Crippen LogP contribution is 2.25. The summed E-state index contributed by atoms with van der Waals surface area (Å²) in [4.78, 5) is 8.50. The summed E-state index contributed by atoms with van der Waals surface area (Å²) < 4.78 is 5.28. The lowest BCUT2D eigenvalue weighted by Crippen LogP contribution is -1.90. The van der Waals surface area contributed by atoms with Gasteiger partial charge in [-0.3, -0.25) is 4.98 Å². The van der Waals surface area contributed by atoms with Gasteiger partial charge in [-0.25, -0.2) is 0 Å². The molecule has 0 aliphatic carbocycles. The second kappa shape index (κ2) is 5.13. The van der Waals surface area contributed by atoms with Gasteiger partial charge in [-0.05, 0) is 42.3 Å². The molecule has 0 atom stereocenters. The van der Waals surface area contributed by atoms with Crippen LogP contribution in [0.2, 0.25) is 0 Å². The minimum absolute atomic E-state index is 0.205. The normalized spacial score (nSPS) is 10.7. The number of phenolic OH excluding ortho intramolecular Hbond substituents is 1. The first-order chi connectivity index (χ1) is 9.78. The average molecular weight is 267 g/mol. The number of pyridine rings is 1. The molecule has 0 aliphatic heterocycles. The summed E-state index contributed by atoms with van der Waals surface area (Å²) in [7, 11) is 0. The van der Waals surface area contributed by atoms with Gasteiger partial charge >= 0.3 is 0 Å². The molecule has 5 nitrogen and oxygen atoms in total. The van der Waals surface area contributed by atoms with Gasteiger partial charge < -0.3 is 9.63 Å². The molecule has 2 aromatic heterocycles. The molecule has 0 bridgehead atoms. The van der Waals surface area contributed by atoms with Crippen molar-refractivity contribution in [1.82, 2.24) is 15.1 Å². The molecule has 5 heteroatoms. The van der Waals surface area contributed by atoms with Crippen LogP contribution in [0.1, 0.15) is 12.5 Å². The van der Waals surface area contributed by atoms with Crippen molar-refractivity contribution in [3.05, 3.63) is 48.3 Å². The zero-order valence-corrected chi connectivity index (χ0v) is 10.9. The lowest BCUT2D eigenvalue weighted by molar-refractivity contribution is 0.432. The summed E-state index contributed by atoms with van der Waals surface area (Å²) in [6.07, 6.45) is 4.38. The standard InChI is InChI=1S/C15H13N3O2/c1-2-10-9-16-8-7-13(10)14-17-15(20-18-14)11-3-5-12(19)6-4-11/h3-9,19H,2H2,1H3. The zero-order chi connectivity index (χ0) is 13.9. The SMILES string of the molecule is CCc1cnccc1-c1noc(-c2ccc(O)cc2)n1. The van der Waals surface area contributed by atoms with Crippen LogP contribution in [0, 0.1) is 0 Å². The first kappa shape index (κ1) is 12.3.